The number of aromatic amines is 2. The molecule has 0 radical (unpaired) electrons. The number of pyridine rings is 1. The van der Waals surface area contributed by atoms with Gasteiger partial charge in [-0.05, 0) is 37.3 Å². The van der Waals surface area contributed by atoms with Crippen molar-refractivity contribution in [2.24, 2.45) is 0 Å². The number of rotatable bonds is 3. The van der Waals surface area contributed by atoms with E-state index in [2.05, 4.69) is 15.0 Å². The highest BCUT2D eigenvalue weighted by Crippen LogP contribution is 2.25. The van der Waals surface area contributed by atoms with Crippen LogP contribution in [-0.2, 0) is 0 Å². The number of hydrogen-bond donors (Lipinski definition) is 2. The number of H-pyrrole nitrogens is 2. The first-order valence-electron chi connectivity index (χ1n) is 6.96. The standard InChI is InChI=1S/C17H14N4O2/c1-10-14(7-12(8-18)17(22)20-10)15-9-19-16(21-15)11-3-5-13(23-2)6-4-11/h3-7,9H,1-2H3,(H,19,21)(H,20,22). The molecule has 0 spiro atoms. The van der Waals surface area contributed by atoms with Crippen molar-refractivity contribution in [3.63, 3.8) is 0 Å². The molecule has 3 aromatic rings. The zero-order valence-corrected chi connectivity index (χ0v) is 12.7. The Balaban J connectivity index is 2.02. The molecule has 6 nitrogen and oxygen atoms in total. The molecule has 114 valence electrons. The number of nitrogens with zero attached hydrogens (tertiary/aromatic N) is 2. The van der Waals surface area contributed by atoms with Crippen LogP contribution in [0, 0.1) is 18.3 Å². The van der Waals surface area contributed by atoms with Gasteiger partial charge in [-0.1, -0.05) is 0 Å². The van der Waals surface area contributed by atoms with Crippen LogP contribution >= 0.6 is 0 Å². The smallest absolute Gasteiger partial charge is 0.266 e. The molecule has 3 rings (SSSR count). The molecule has 23 heavy (non-hydrogen) atoms. The molecule has 0 saturated heterocycles. The molecule has 0 aliphatic heterocycles. The molecule has 0 saturated carbocycles. The molecule has 1 aromatic carbocycles. The molecule has 0 unspecified atom stereocenters. The number of imidazole rings is 1. The van der Waals surface area contributed by atoms with E-state index in [1.807, 2.05) is 30.3 Å². The van der Waals surface area contributed by atoms with Crippen molar-refractivity contribution in [2.45, 2.75) is 6.92 Å². The molecule has 6 heteroatoms. The minimum absolute atomic E-state index is 0.0752. The predicted octanol–water partition coefficient (Wildman–Crippen LogP) is 2.62. The number of benzene rings is 1. The molecular formula is C17H14N4O2. The number of hydrogen-bond acceptors (Lipinski definition) is 4. The fraction of sp³-hybridized carbons (Fsp3) is 0.118. The average Bonchev–Trinajstić information content (AvgIpc) is 3.05. The Kier molecular flexibility index (Phi) is 3.69. The summed E-state index contributed by atoms with van der Waals surface area (Å²) in [4.78, 5) is 21.9. The van der Waals surface area contributed by atoms with Gasteiger partial charge in [-0.3, -0.25) is 4.79 Å². The molecule has 0 fully saturated rings. The predicted molar refractivity (Wildman–Crippen MR) is 86.1 cm³/mol. The summed E-state index contributed by atoms with van der Waals surface area (Å²) < 4.78 is 5.14. The third kappa shape index (κ3) is 2.72. The lowest BCUT2D eigenvalue weighted by Crippen LogP contribution is -2.11. The van der Waals surface area contributed by atoms with Crippen LogP contribution in [0.2, 0.25) is 0 Å². The summed E-state index contributed by atoms with van der Waals surface area (Å²) in [5.74, 6) is 1.47. The highest BCUT2D eigenvalue weighted by atomic mass is 16.5. The molecule has 0 aliphatic rings. The number of aromatic nitrogens is 3. The molecule has 2 heterocycles. The van der Waals surface area contributed by atoms with E-state index in [0.29, 0.717) is 11.5 Å². The third-order valence-electron chi connectivity index (χ3n) is 3.59. The van der Waals surface area contributed by atoms with Gasteiger partial charge in [-0.15, -0.1) is 0 Å². The number of methoxy groups -OCH3 is 1. The first-order valence-corrected chi connectivity index (χ1v) is 6.96. The van der Waals surface area contributed by atoms with E-state index in [1.54, 1.807) is 26.3 Å². The van der Waals surface area contributed by atoms with E-state index in [4.69, 9.17) is 10.00 Å². The molecular weight excluding hydrogens is 292 g/mol. The van der Waals surface area contributed by atoms with E-state index >= 15 is 0 Å². The van der Waals surface area contributed by atoms with Crippen molar-refractivity contribution in [1.82, 2.24) is 15.0 Å². The summed E-state index contributed by atoms with van der Waals surface area (Å²) in [5.41, 5.74) is 2.77. The highest BCUT2D eigenvalue weighted by Gasteiger charge is 2.11. The second-order valence-electron chi connectivity index (χ2n) is 5.04. The van der Waals surface area contributed by atoms with E-state index in [-0.39, 0.29) is 11.1 Å². The van der Waals surface area contributed by atoms with Crippen molar-refractivity contribution < 1.29 is 4.74 Å². The number of aryl methyl sites for hydroxylation is 1. The SMILES string of the molecule is COc1ccc(-c2ncc(-c3cc(C#N)c(=O)[nH]c3C)[nH]2)cc1. The maximum atomic E-state index is 11.6. The van der Waals surface area contributed by atoms with E-state index < -0.39 is 0 Å². The van der Waals surface area contributed by atoms with Gasteiger partial charge < -0.3 is 14.7 Å². The molecule has 0 atom stereocenters. The topological polar surface area (TPSA) is 94.6 Å². The second-order valence-corrected chi connectivity index (χ2v) is 5.04. The van der Waals surface area contributed by atoms with Crippen LogP contribution in [-0.4, -0.2) is 22.1 Å². The van der Waals surface area contributed by atoms with E-state index in [1.165, 1.54) is 0 Å². The van der Waals surface area contributed by atoms with Gasteiger partial charge in [0.25, 0.3) is 5.56 Å². The summed E-state index contributed by atoms with van der Waals surface area (Å²) in [5, 5.41) is 9.01. The van der Waals surface area contributed by atoms with Crippen LogP contribution in [0.25, 0.3) is 22.6 Å². The van der Waals surface area contributed by atoms with Crippen LogP contribution in [0.3, 0.4) is 0 Å². The van der Waals surface area contributed by atoms with Crippen LogP contribution in [0.5, 0.6) is 5.75 Å². The molecule has 2 N–H and O–H groups in total. The summed E-state index contributed by atoms with van der Waals surface area (Å²) in [6.45, 7) is 1.78. The zero-order chi connectivity index (χ0) is 16.4. The first kappa shape index (κ1) is 14.6. The van der Waals surface area contributed by atoms with Crippen molar-refractivity contribution >= 4 is 0 Å². The van der Waals surface area contributed by atoms with Gasteiger partial charge >= 0.3 is 0 Å². The quantitative estimate of drug-likeness (QED) is 0.777. The van der Waals surface area contributed by atoms with Crippen molar-refractivity contribution in [2.75, 3.05) is 7.11 Å². The molecule has 0 aliphatic carbocycles. The second kappa shape index (κ2) is 5.81. The first-order chi connectivity index (χ1) is 11.1. The Morgan fingerprint density at radius 2 is 1.96 bits per heavy atom. The minimum atomic E-state index is -0.386. The number of nitrogens with one attached hydrogen (secondary N) is 2. The summed E-state index contributed by atoms with van der Waals surface area (Å²) in [6.07, 6.45) is 1.68. The van der Waals surface area contributed by atoms with Crippen molar-refractivity contribution in [3.05, 3.63) is 58.1 Å². The van der Waals surface area contributed by atoms with Crippen LogP contribution in [0.15, 0.2) is 41.3 Å². The monoisotopic (exact) mass is 306 g/mol. The Hall–Kier alpha value is -3.33. The number of nitriles is 1. The lowest BCUT2D eigenvalue weighted by molar-refractivity contribution is 0.415. The average molecular weight is 306 g/mol. The van der Waals surface area contributed by atoms with Gasteiger partial charge in [0.15, 0.2) is 0 Å². The normalized spacial score (nSPS) is 10.3. The summed E-state index contributed by atoms with van der Waals surface area (Å²) in [6, 6.07) is 11.0. The highest BCUT2D eigenvalue weighted by molar-refractivity contribution is 5.67. The van der Waals surface area contributed by atoms with Gasteiger partial charge in [0.05, 0.1) is 19.0 Å². The van der Waals surface area contributed by atoms with Crippen LogP contribution < -0.4 is 10.3 Å². The summed E-state index contributed by atoms with van der Waals surface area (Å²) >= 11 is 0. The fourth-order valence-corrected chi connectivity index (χ4v) is 2.34. The Labute approximate surface area is 132 Å². The molecule has 0 bridgehead atoms. The van der Waals surface area contributed by atoms with Gasteiger partial charge in [0, 0.05) is 16.8 Å². The van der Waals surface area contributed by atoms with E-state index in [0.717, 1.165) is 22.6 Å². The molecule has 2 aromatic heterocycles. The maximum absolute atomic E-state index is 11.6. The lowest BCUT2D eigenvalue weighted by Gasteiger charge is -2.04. The van der Waals surface area contributed by atoms with Crippen molar-refractivity contribution in [3.8, 4) is 34.5 Å². The Morgan fingerprint density at radius 1 is 1.22 bits per heavy atom. The van der Waals surface area contributed by atoms with Crippen molar-refractivity contribution in [1.29, 1.82) is 5.26 Å². The van der Waals surface area contributed by atoms with Gasteiger partial charge in [-0.25, -0.2) is 4.98 Å². The van der Waals surface area contributed by atoms with Crippen LogP contribution in [0.1, 0.15) is 11.3 Å². The van der Waals surface area contributed by atoms with Crippen LogP contribution in [0.4, 0.5) is 0 Å². The number of ether oxygens (including phenoxy) is 1. The van der Waals surface area contributed by atoms with Gasteiger partial charge in [-0.2, -0.15) is 5.26 Å². The summed E-state index contributed by atoms with van der Waals surface area (Å²) in [7, 11) is 1.62. The van der Waals surface area contributed by atoms with Gasteiger partial charge in [0.2, 0.25) is 0 Å². The molecule has 0 amide bonds. The third-order valence-corrected chi connectivity index (χ3v) is 3.59. The Bertz CT molecular complexity index is 946. The Morgan fingerprint density at radius 3 is 2.61 bits per heavy atom. The largest absolute Gasteiger partial charge is 0.497 e. The minimum Gasteiger partial charge on any atom is -0.497 e. The zero-order valence-electron chi connectivity index (χ0n) is 12.7. The maximum Gasteiger partial charge on any atom is 0.266 e. The van der Waals surface area contributed by atoms with E-state index in [9.17, 15) is 4.79 Å². The fourth-order valence-electron chi connectivity index (χ4n) is 2.34. The van der Waals surface area contributed by atoms with Gasteiger partial charge in [0.1, 0.15) is 23.2 Å². The lowest BCUT2D eigenvalue weighted by atomic mass is 10.1.